The molecule has 4 aliphatic heterocycles. The van der Waals surface area contributed by atoms with E-state index in [9.17, 15) is 19.8 Å². The number of fused-ring (bicyclic) bond motifs is 9. The van der Waals surface area contributed by atoms with Crippen LogP contribution in [-0.2, 0) is 38.0 Å². The number of carbonyl (C=O) groups excluding carboxylic acids is 2. The van der Waals surface area contributed by atoms with Crippen LogP contribution < -0.4 is 0 Å². The third kappa shape index (κ3) is 1.64. The molecule has 2 N–H and O–H groups in total. The van der Waals surface area contributed by atoms with E-state index < -0.39 is 81.8 Å². The summed E-state index contributed by atoms with van der Waals surface area (Å²) in [5.41, 5.74) is -7.29. The van der Waals surface area contributed by atoms with E-state index in [2.05, 4.69) is 0 Å². The van der Waals surface area contributed by atoms with Crippen LogP contribution in [0.2, 0.25) is 0 Å². The van der Waals surface area contributed by atoms with Crippen molar-refractivity contribution in [2.75, 3.05) is 14.2 Å². The average molecular weight is 440 g/mol. The van der Waals surface area contributed by atoms with Crippen molar-refractivity contribution in [3.63, 3.8) is 0 Å². The molecular formula is C21H28O10. The minimum absolute atomic E-state index is 0.0662. The van der Waals surface area contributed by atoms with Gasteiger partial charge in [0.05, 0.1) is 12.5 Å². The van der Waals surface area contributed by atoms with Crippen molar-refractivity contribution < 1.29 is 48.2 Å². The number of carbonyl (C=O) groups is 2. The third-order valence-corrected chi connectivity index (χ3v) is 9.42. The zero-order valence-corrected chi connectivity index (χ0v) is 18.3. The first kappa shape index (κ1) is 20.3. The molecule has 31 heavy (non-hydrogen) atoms. The monoisotopic (exact) mass is 440 g/mol. The number of esters is 2. The van der Waals surface area contributed by atoms with Gasteiger partial charge in [0.1, 0.15) is 41.0 Å². The van der Waals surface area contributed by atoms with Crippen molar-refractivity contribution in [3.8, 4) is 0 Å². The lowest BCUT2D eigenvalue weighted by Crippen LogP contribution is -2.79. The van der Waals surface area contributed by atoms with Gasteiger partial charge in [-0.3, -0.25) is 4.79 Å². The van der Waals surface area contributed by atoms with Crippen LogP contribution in [0.15, 0.2) is 0 Å². The van der Waals surface area contributed by atoms with Gasteiger partial charge >= 0.3 is 11.9 Å². The summed E-state index contributed by atoms with van der Waals surface area (Å²) in [4.78, 5) is 25.7. The Balaban J connectivity index is 1.56. The summed E-state index contributed by atoms with van der Waals surface area (Å²) in [7, 11) is 2.73. The number of epoxide rings is 2. The Morgan fingerprint density at radius 2 is 1.81 bits per heavy atom. The van der Waals surface area contributed by atoms with E-state index in [0.717, 1.165) is 0 Å². The van der Waals surface area contributed by atoms with E-state index in [-0.39, 0.29) is 6.42 Å². The predicted molar refractivity (Wildman–Crippen MR) is 98.3 cm³/mol. The van der Waals surface area contributed by atoms with E-state index in [0.29, 0.717) is 0 Å². The standard InChI is InChI=1S/C21H28O10/c1-8(2)20(24)9-14(22)29-12(20)10(26-5)16(3)18(11-13(28-11)21(9,16)25)7-19(15(23)27-6)17(4,30-18)31-19/h8-13,24-25H,7H2,1-6H3/t9-,10+,11+,12-,13-,16-,17-,18+,19+,20+,21-/m0/s1. The molecular weight excluding hydrogens is 412 g/mol. The van der Waals surface area contributed by atoms with Gasteiger partial charge in [-0.05, 0) is 12.8 Å². The Morgan fingerprint density at radius 3 is 2.39 bits per heavy atom. The van der Waals surface area contributed by atoms with Gasteiger partial charge in [-0.25, -0.2) is 4.79 Å². The molecule has 10 heteroatoms. The lowest BCUT2D eigenvalue weighted by atomic mass is 9.48. The normalized spacial score (nSPS) is 62.4. The summed E-state index contributed by atoms with van der Waals surface area (Å²) in [5, 5.41) is 24.0. The minimum atomic E-state index is -1.84. The first-order valence-electron chi connectivity index (χ1n) is 10.7. The van der Waals surface area contributed by atoms with Crippen molar-refractivity contribution in [1.82, 2.24) is 0 Å². The van der Waals surface area contributed by atoms with Crippen LogP contribution in [0.25, 0.3) is 0 Å². The Hall–Kier alpha value is -1.30. The molecule has 2 bridgehead atoms. The molecule has 0 aromatic rings. The fraction of sp³-hybridized carbons (Fsp3) is 0.905. The second-order valence-corrected chi connectivity index (χ2v) is 10.5. The smallest absolute Gasteiger partial charge is 0.344 e. The van der Waals surface area contributed by atoms with Crippen molar-refractivity contribution in [3.05, 3.63) is 0 Å². The minimum Gasteiger partial charge on any atom is -0.467 e. The fourth-order valence-electron chi connectivity index (χ4n) is 7.74. The number of aliphatic hydroxyl groups is 2. The molecule has 6 aliphatic rings. The van der Waals surface area contributed by atoms with Crippen molar-refractivity contribution in [2.45, 2.75) is 86.7 Å². The maximum atomic E-state index is 13.1. The summed E-state index contributed by atoms with van der Waals surface area (Å²) < 4.78 is 34.6. The van der Waals surface area contributed by atoms with Crippen LogP contribution >= 0.6 is 0 Å². The second kappa shape index (κ2) is 5.10. The summed E-state index contributed by atoms with van der Waals surface area (Å²) in [6, 6.07) is 0. The molecule has 2 aliphatic carbocycles. The van der Waals surface area contributed by atoms with Gasteiger partial charge < -0.3 is 38.6 Å². The molecule has 0 radical (unpaired) electrons. The molecule has 10 nitrogen and oxygen atoms in total. The summed E-state index contributed by atoms with van der Waals surface area (Å²) >= 11 is 0. The molecule has 1 spiro atoms. The topological polar surface area (TPSA) is 137 Å². The molecule has 0 amide bonds. The van der Waals surface area contributed by atoms with Crippen LogP contribution in [0.5, 0.6) is 0 Å². The van der Waals surface area contributed by atoms with Crippen molar-refractivity contribution in [2.24, 2.45) is 17.3 Å². The number of rotatable bonds is 3. The fourth-order valence-corrected chi connectivity index (χ4v) is 7.74. The van der Waals surface area contributed by atoms with E-state index in [1.165, 1.54) is 14.2 Å². The number of ether oxygens (including phenoxy) is 6. The van der Waals surface area contributed by atoms with Gasteiger partial charge in [0.25, 0.3) is 0 Å². The Labute approximate surface area is 179 Å². The molecule has 0 aromatic carbocycles. The first-order valence-corrected chi connectivity index (χ1v) is 10.7. The molecule has 6 fully saturated rings. The molecule has 172 valence electrons. The lowest BCUT2D eigenvalue weighted by molar-refractivity contribution is -0.332. The quantitative estimate of drug-likeness (QED) is 0.427. The summed E-state index contributed by atoms with van der Waals surface area (Å²) in [6.07, 6.45) is -3.25. The van der Waals surface area contributed by atoms with E-state index in [1.54, 1.807) is 27.7 Å². The molecule has 2 saturated carbocycles. The third-order valence-electron chi connectivity index (χ3n) is 9.42. The Bertz CT molecular complexity index is 922. The molecule has 4 saturated heterocycles. The maximum Gasteiger partial charge on any atom is 0.344 e. The van der Waals surface area contributed by atoms with Crippen LogP contribution in [0.4, 0.5) is 0 Å². The number of hydrogen-bond donors (Lipinski definition) is 2. The summed E-state index contributed by atoms with van der Waals surface area (Å²) in [6.45, 7) is 6.98. The van der Waals surface area contributed by atoms with Crippen LogP contribution in [0.3, 0.4) is 0 Å². The second-order valence-electron chi connectivity index (χ2n) is 10.5. The zero-order valence-electron chi connectivity index (χ0n) is 18.3. The van der Waals surface area contributed by atoms with Crippen LogP contribution in [0, 0.1) is 17.3 Å². The van der Waals surface area contributed by atoms with Crippen molar-refractivity contribution >= 4 is 11.9 Å². The average Bonchev–Trinajstić information content (AvgIpc) is 3.55. The molecule has 11 atom stereocenters. The molecule has 0 aromatic heterocycles. The highest BCUT2D eigenvalue weighted by Gasteiger charge is 2.99. The van der Waals surface area contributed by atoms with Crippen LogP contribution in [-0.4, -0.2) is 89.0 Å². The van der Waals surface area contributed by atoms with Gasteiger partial charge in [-0.1, -0.05) is 20.8 Å². The highest BCUT2D eigenvalue weighted by atomic mass is 16.8. The van der Waals surface area contributed by atoms with E-state index >= 15 is 0 Å². The van der Waals surface area contributed by atoms with Gasteiger partial charge in [0, 0.05) is 13.5 Å². The maximum absolute atomic E-state index is 13.1. The molecule has 6 rings (SSSR count). The van der Waals surface area contributed by atoms with Gasteiger partial charge in [-0.2, -0.15) is 0 Å². The number of hydrogen-bond acceptors (Lipinski definition) is 10. The van der Waals surface area contributed by atoms with Gasteiger partial charge in [-0.15, -0.1) is 0 Å². The predicted octanol–water partition coefficient (Wildman–Crippen LogP) is -0.721. The highest BCUT2D eigenvalue weighted by Crippen LogP contribution is 2.80. The molecule has 0 unspecified atom stereocenters. The number of methoxy groups -OCH3 is 2. The Kier molecular flexibility index (Phi) is 3.34. The van der Waals surface area contributed by atoms with E-state index in [1.807, 2.05) is 0 Å². The van der Waals surface area contributed by atoms with Gasteiger partial charge in [0.15, 0.2) is 6.10 Å². The SMILES string of the molecule is COC(=O)[C@]12C[C@@]3(O[C@@]1(C)O2)[C@@H]1O[C@@H]1[C@@]1(O)[C@H]2C(=O)O[C@@H]([C@@H](OC)[C@]13C)[C@@]2(O)C(C)C. The Morgan fingerprint density at radius 1 is 1.13 bits per heavy atom. The van der Waals surface area contributed by atoms with Gasteiger partial charge in [0.2, 0.25) is 11.4 Å². The van der Waals surface area contributed by atoms with E-state index in [4.69, 9.17) is 28.4 Å². The zero-order chi connectivity index (χ0) is 22.6. The van der Waals surface area contributed by atoms with Crippen molar-refractivity contribution in [1.29, 1.82) is 0 Å². The van der Waals surface area contributed by atoms with Crippen LogP contribution in [0.1, 0.15) is 34.1 Å². The summed E-state index contributed by atoms with van der Waals surface area (Å²) in [5.74, 6) is -4.16. The lowest BCUT2D eigenvalue weighted by Gasteiger charge is -2.61. The largest absolute Gasteiger partial charge is 0.467 e. The molecule has 4 heterocycles. The first-order chi connectivity index (χ1) is 14.4. The highest BCUT2D eigenvalue weighted by molar-refractivity contribution is 5.86.